The van der Waals surface area contributed by atoms with Crippen molar-refractivity contribution in [3.63, 3.8) is 0 Å². The van der Waals surface area contributed by atoms with E-state index in [1.165, 1.54) is 68.9 Å². The van der Waals surface area contributed by atoms with E-state index in [1.54, 1.807) is 21.9 Å². The molecule has 0 bridgehead atoms. The topological polar surface area (TPSA) is 128 Å². The highest BCUT2D eigenvalue weighted by Gasteiger charge is 2.49. The molecule has 320 valence electrons. The smallest absolute Gasteiger partial charge is 0.253 e. The molecule has 3 N–H and O–H groups in total. The van der Waals surface area contributed by atoms with Crippen LogP contribution in [-0.4, -0.2) is 77.1 Å². The molecule has 3 aromatic rings. The van der Waals surface area contributed by atoms with Gasteiger partial charge in [-0.25, -0.2) is 0 Å². The number of nitrogens with zero attached hydrogens (tertiary/aromatic N) is 2. The Hall–Kier alpha value is -4.99. The van der Waals surface area contributed by atoms with Crippen molar-refractivity contribution < 1.29 is 24.0 Å². The van der Waals surface area contributed by atoms with Crippen molar-refractivity contribution in [1.29, 1.82) is 0 Å². The summed E-state index contributed by atoms with van der Waals surface area (Å²) in [7, 11) is 0. The molecule has 0 radical (unpaired) electrons. The van der Waals surface area contributed by atoms with Crippen LogP contribution < -0.4 is 16.0 Å². The van der Waals surface area contributed by atoms with Crippen molar-refractivity contribution in [2.75, 3.05) is 19.6 Å². The largest absolute Gasteiger partial charge is 0.352 e. The first-order valence-corrected chi connectivity index (χ1v) is 22.9. The summed E-state index contributed by atoms with van der Waals surface area (Å²) in [4.78, 5) is 70.6. The van der Waals surface area contributed by atoms with Crippen LogP contribution in [0.4, 0.5) is 0 Å². The zero-order chi connectivity index (χ0) is 41.8. The Morgan fingerprint density at radius 1 is 0.600 bits per heavy atom. The second-order valence-electron chi connectivity index (χ2n) is 17.9. The Morgan fingerprint density at radius 3 is 1.62 bits per heavy atom. The lowest BCUT2D eigenvalue weighted by Gasteiger charge is -2.19. The zero-order valence-electron chi connectivity index (χ0n) is 35.5. The van der Waals surface area contributed by atoms with E-state index >= 15 is 0 Å². The first-order chi connectivity index (χ1) is 29.3. The van der Waals surface area contributed by atoms with E-state index in [4.69, 9.17) is 0 Å². The highest BCUT2D eigenvalue weighted by molar-refractivity contribution is 5.97. The second kappa shape index (κ2) is 21.0. The summed E-state index contributed by atoms with van der Waals surface area (Å²) < 4.78 is 0. The van der Waals surface area contributed by atoms with Crippen LogP contribution in [0.1, 0.15) is 142 Å². The van der Waals surface area contributed by atoms with Crippen molar-refractivity contribution in [2.24, 2.45) is 11.8 Å². The van der Waals surface area contributed by atoms with Gasteiger partial charge in [0.15, 0.2) is 0 Å². The summed E-state index contributed by atoms with van der Waals surface area (Å²) >= 11 is 0. The Balaban J connectivity index is 0.871. The molecule has 2 saturated heterocycles. The number of rotatable bonds is 22. The predicted molar refractivity (Wildman–Crippen MR) is 234 cm³/mol. The van der Waals surface area contributed by atoms with Gasteiger partial charge in [0, 0.05) is 68.5 Å². The molecule has 10 heteroatoms. The second-order valence-corrected chi connectivity index (χ2v) is 17.9. The lowest BCUT2D eigenvalue weighted by atomic mass is 9.94. The fraction of sp³-hybridized carbons (Fsp3) is 0.540. The Kier molecular flexibility index (Phi) is 15.1. The number of nitrogens with one attached hydrogen (secondary N) is 3. The highest BCUT2D eigenvalue weighted by atomic mass is 16.2. The molecule has 2 aliphatic heterocycles. The highest BCUT2D eigenvalue weighted by Crippen LogP contribution is 2.42. The Labute approximate surface area is 356 Å². The summed E-state index contributed by atoms with van der Waals surface area (Å²) in [5, 5.41) is 9.48. The number of likely N-dealkylation sites (tertiary alicyclic amines) is 2. The van der Waals surface area contributed by atoms with E-state index in [-0.39, 0.29) is 72.6 Å². The van der Waals surface area contributed by atoms with E-state index < -0.39 is 11.8 Å². The summed E-state index contributed by atoms with van der Waals surface area (Å²) in [6.45, 7) is 3.42. The monoisotopic (exact) mass is 815 g/mol. The normalized spacial score (nSPS) is 24.3. The van der Waals surface area contributed by atoms with Gasteiger partial charge in [0.25, 0.3) is 5.91 Å². The average molecular weight is 816 g/mol. The first-order valence-electron chi connectivity index (χ1n) is 22.9. The van der Waals surface area contributed by atoms with Gasteiger partial charge in [0.05, 0.1) is 17.9 Å². The third-order valence-corrected chi connectivity index (χ3v) is 13.1. The van der Waals surface area contributed by atoms with Crippen molar-refractivity contribution in [1.82, 2.24) is 25.8 Å². The third-order valence-electron chi connectivity index (χ3n) is 13.1. The summed E-state index contributed by atoms with van der Waals surface area (Å²) in [5.41, 5.74) is 3.74. The summed E-state index contributed by atoms with van der Waals surface area (Å²) in [6, 6.07) is 27.4. The van der Waals surface area contributed by atoms with Crippen molar-refractivity contribution in [2.45, 2.75) is 140 Å². The van der Waals surface area contributed by atoms with Gasteiger partial charge in [-0.2, -0.15) is 0 Å². The number of benzene rings is 3. The summed E-state index contributed by atoms with van der Waals surface area (Å²) in [6.07, 6.45) is 16.1. The molecule has 0 aromatic heterocycles. The molecule has 2 heterocycles. The van der Waals surface area contributed by atoms with Crippen LogP contribution in [-0.2, 0) is 25.7 Å². The first kappa shape index (κ1) is 43.1. The van der Waals surface area contributed by atoms with Crippen molar-refractivity contribution >= 4 is 29.5 Å². The SMILES string of the molecule is CCCCCCCCCCCCCC(=O)NC1CC(=O)N(Cc2ccc(C(=O)N3C[C@@H](C(=O)N[C@H]4C[C@@H]4c4ccccc4)[C@H](C(=O)N[C@H]4C[C@@H]4c4ccccc4)C3)cc2)C1. The molecule has 4 fully saturated rings. The van der Waals surface area contributed by atoms with Gasteiger partial charge < -0.3 is 25.8 Å². The van der Waals surface area contributed by atoms with E-state index in [0.29, 0.717) is 31.5 Å². The average Bonchev–Trinajstić information content (AvgIpc) is 4.13. The quantitative estimate of drug-likeness (QED) is 0.0900. The van der Waals surface area contributed by atoms with E-state index in [1.807, 2.05) is 48.5 Å². The number of carbonyl (C=O) groups is 5. The maximum atomic E-state index is 13.9. The fourth-order valence-electron chi connectivity index (χ4n) is 9.35. The molecule has 0 spiro atoms. The van der Waals surface area contributed by atoms with Crippen LogP contribution in [0.15, 0.2) is 84.9 Å². The molecule has 4 aliphatic rings. The van der Waals surface area contributed by atoms with Crippen LogP contribution in [0.25, 0.3) is 0 Å². The molecular formula is C50H65N5O5. The number of hydrogen-bond acceptors (Lipinski definition) is 5. The van der Waals surface area contributed by atoms with Gasteiger partial charge in [0.1, 0.15) is 0 Å². The van der Waals surface area contributed by atoms with E-state index in [9.17, 15) is 24.0 Å². The van der Waals surface area contributed by atoms with Crippen LogP contribution >= 0.6 is 0 Å². The van der Waals surface area contributed by atoms with Crippen LogP contribution in [0.2, 0.25) is 0 Å². The van der Waals surface area contributed by atoms with Crippen molar-refractivity contribution in [3.05, 3.63) is 107 Å². The number of unbranched alkanes of at least 4 members (excludes halogenated alkanes) is 10. The minimum absolute atomic E-state index is 0.00317. The van der Waals surface area contributed by atoms with Crippen LogP contribution in [0.3, 0.4) is 0 Å². The van der Waals surface area contributed by atoms with Crippen LogP contribution in [0.5, 0.6) is 0 Å². The van der Waals surface area contributed by atoms with E-state index in [0.717, 1.165) is 31.2 Å². The number of hydrogen-bond donors (Lipinski definition) is 3. The third kappa shape index (κ3) is 11.8. The van der Waals surface area contributed by atoms with Gasteiger partial charge in [-0.15, -0.1) is 0 Å². The lowest BCUT2D eigenvalue weighted by molar-refractivity contribution is -0.133. The van der Waals surface area contributed by atoms with Crippen LogP contribution in [0, 0.1) is 11.8 Å². The fourth-order valence-corrected chi connectivity index (χ4v) is 9.35. The molecular weight excluding hydrogens is 751 g/mol. The van der Waals surface area contributed by atoms with Gasteiger partial charge in [-0.05, 0) is 48.1 Å². The Morgan fingerprint density at radius 2 is 1.10 bits per heavy atom. The molecule has 3 aromatic carbocycles. The predicted octanol–water partition coefficient (Wildman–Crippen LogP) is 7.64. The molecule has 60 heavy (non-hydrogen) atoms. The summed E-state index contributed by atoms with van der Waals surface area (Å²) in [5.74, 6) is -1.38. The number of amides is 5. The molecule has 2 saturated carbocycles. The van der Waals surface area contributed by atoms with E-state index in [2.05, 4.69) is 47.1 Å². The van der Waals surface area contributed by atoms with Gasteiger partial charge >= 0.3 is 0 Å². The zero-order valence-corrected chi connectivity index (χ0v) is 35.5. The maximum absolute atomic E-state index is 13.9. The van der Waals surface area contributed by atoms with Gasteiger partial charge in [0.2, 0.25) is 23.6 Å². The molecule has 1 unspecified atom stereocenters. The number of carbonyl (C=O) groups excluding carboxylic acids is 5. The van der Waals surface area contributed by atoms with Crippen molar-refractivity contribution in [3.8, 4) is 0 Å². The molecule has 2 aliphatic carbocycles. The molecule has 7 rings (SSSR count). The molecule has 10 nitrogen and oxygen atoms in total. The molecule has 7 atom stereocenters. The standard InChI is InChI=1S/C50H65N5O5/c1-2-3-4-5-6-7-8-9-10-11-18-23-46(56)51-39-28-47(57)54(32-39)31-35-24-26-38(27-25-35)50(60)55-33-42(48(58)52-44-29-40(44)36-19-14-12-15-20-36)43(34-55)49(59)53-45-30-41(45)37-21-16-13-17-22-37/h12-17,19-22,24-27,39-45H,2-11,18,23,28-34H2,1H3,(H,51,56)(H,52,58)(H,53,59)/t39?,40-,41-,42-,43-,44+,45+/m1/s1. The lowest BCUT2D eigenvalue weighted by Crippen LogP contribution is -2.43. The maximum Gasteiger partial charge on any atom is 0.253 e. The van der Waals surface area contributed by atoms with Gasteiger partial charge in [-0.1, -0.05) is 144 Å². The Bertz CT molecular complexity index is 1830. The van der Waals surface area contributed by atoms with Gasteiger partial charge in [-0.3, -0.25) is 24.0 Å². The molecule has 5 amide bonds. The minimum Gasteiger partial charge on any atom is -0.352 e. The minimum atomic E-state index is -0.659.